The molecular formula is C10H8N6. The standard InChI is InChI=1S/C10H8N6/c11-10-9(7-3-1-2-5-12-7)15-14-8-4-6-13-16(8)10/h1-6H,11H2. The molecule has 0 aliphatic carbocycles. The van der Waals surface area contributed by atoms with Gasteiger partial charge in [-0.1, -0.05) is 6.07 Å². The summed E-state index contributed by atoms with van der Waals surface area (Å²) in [6.45, 7) is 0. The number of nitrogens with two attached hydrogens (primary N) is 1. The van der Waals surface area contributed by atoms with Gasteiger partial charge in [-0.25, -0.2) is 0 Å². The lowest BCUT2D eigenvalue weighted by molar-refractivity contribution is 0.904. The first-order chi connectivity index (χ1) is 7.86. The lowest BCUT2D eigenvalue weighted by Gasteiger charge is -2.03. The number of nitrogens with zero attached hydrogens (tertiary/aromatic N) is 5. The van der Waals surface area contributed by atoms with Crippen molar-refractivity contribution >= 4 is 11.5 Å². The largest absolute Gasteiger partial charge is 0.382 e. The van der Waals surface area contributed by atoms with Crippen molar-refractivity contribution in [1.82, 2.24) is 24.8 Å². The molecule has 2 N–H and O–H groups in total. The van der Waals surface area contributed by atoms with Crippen LogP contribution in [0.25, 0.3) is 17.0 Å². The third-order valence-corrected chi connectivity index (χ3v) is 2.25. The smallest absolute Gasteiger partial charge is 0.179 e. The maximum Gasteiger partial charge on any atom is 0.179 e. The molecule has 0 radical (unpaired) electrons. The fraction of sp³-hybridized carbons (Fsp3) is 0. The minimum Gasteiger partial charge on any atom is -0.382 e. The Kier molecular flexibility index (Phi) is 1.79. The number of hydrogen-bond acceptors (Lipinski definition) is 5. The Balaban J connectivity index is 2.28. The van der Waals surface area contributed by atoms with Crippen LogP contribution in [0.2, 0.25) is 0 Å². The molecule has 0 atom stereocenters. The zero-order chi connectivity index (χ0) is 11.0. The summed E-state index contributed by atoms with van der Waals surface area (Å²) in [6, 6.07) is 7.28. The van der Waals surface area contributed by atoms with Crippen molar-refractivity contribution < 1.29 is 0 Å². The number of pyridine rings is 1. The molecule has 6 nitrogen and oxygen atoms in total. The molecule has 16 heavy (non-hydrogen) atoms. The molecule has 0 aromatic carbocycles. The third-order valence-electron chi connectivity index (χ3n) is 2.25. The van der Waals surface area contributed by atoms with Crippen molar-refractivity contribution in [3.8, 4) is 11.4 Å². The first-order valence-corrected chi connectivity index (χ1v) is 4.73. The Hall–Kier alpha value is -2.50. The lowest BCUT2D eigenvalue weighted by atomic mass is 10.3. The van der Waals surface area contributed by atoms with E-state index in [0.717, 1.165) is 0 Å². The molecular weight excluding hydrogens is 204 g/mol. The summed E-state index contributed by atoms with van der Waals surface area (Å²) in [6.07, 6.45) is 3.31. The first-order valence-electron chi connectivity index (χ1n) is 4.73. The number of anilines is 1. The van der Waals surface area contributed by atoms with E-state index in [9.17, 15) is 0 Å². The summed E-state index contributed by atoms with van der Waals surface area (Å²) in [5, 5.41) is 12.1. The first kappa shape index (κ1) is 8.78. The SMILES string of the molecule is Nc1c(-c2ccccn2)nnc2ccnn12. The average Bonchev–Trinajstić information content (AvgIpc) is 2.80. The summed E-state index contributed by atoms with van der Waals surface area (Å²) in [7, 11) is 0. The molecule has 3 aromatic heterocycles. The highest BCUT2D eigenvalue weighted by Gasteiger charge is 2.10. The Bertz CT molecular complexity index is 630. The highest BCUT2D eigenvalue weighted by Crippen LogP contribution is 2.20. The molecule has 0 fully saturated rings. The van der Waals surface area contributed by atoms with Crippen LogP contribution < -0.4 is 5.73 Å². The van der Waals surface area contributed by atoms with Crippen LogP contribution >= 0.6 is 0 Å². The van der Waals surface area contributed by atoms with Crippen molar-refractivity contribution in [3.63, 3.8) is 0 Å². The molecule has 0 aliphatic heterocycles. The Morgan fingerprint density at radius 1 is 1.06 bits per heavy atom. The van der Waals surface area contributed by atoms with E-state index < -0.39 is 0 Å². The predicted octanol–water partition coefficient (Wildman–Crippen LogP) is 0.768. The van der Waals surface area contributed by atoms with Crippen LogP contribution in [-0.2, 0) is 0 Å². The van der Waals surface area contributed by atoms with E-state index in [1.807, 2.05) is 18.2 Å². The van der Waals surface area contributed by atoms with Gasteiger partial charge in [0.1, 0.15) is 0 Å². The quantitative estimate of drug-likeness (QED) is 0.644. The highest BCUT2D eigenvalue weighted by molar-refractivity contribution is 5.67. The number of aromatic nitrogens is 5. The number of nitrogen functional groups attached to an aromatic ring is 1. The lowest BCUT2D eigenvalue weighted by Crippen LogP contribution is -2.05. The molecule has 0 bridgehead atoms. The monoisotopic (exact) mass is 212 g/mol. The maximum atomic E-state index is 5.95. The minimum absolute atomic E-state index is 0.439. The normalized spacial score (nSPS) is 10.8. The van der Waals surface area contributed by atoms with Crippen molar-refractivity contribution in [2.45, 2.75) is 0 Å². The van der Waals surface area contributed by atoms with Gasteiger partial charge in [0.15, 0.2) is 17.2 Å². The van der Waals surface area contributed by atoms with Gasteiger partial charge in [0, 0.05) is 12.3 Å². The van der Waals surface area contributed by atoms with Crippen molar-refractivity contribution in [3.05, 3.63) is 36.7 Å². The molecule has 3 aromatic rings. The zero-order valence-corrected chi connectivity index (χ0v) is 8.28. The molecule has 0 unspecified atom stereocenters. The third kappa shape index (κ3) is 1.20. The summed E-state index contributed by atoms with van der Waals surface area (Å²) < 4.78 is 1.54. The van der Waals surface area contributed by atoms with E-state index in [2.05, 4.69) is 20.3 Å². The van der Waals surface area contributed by atoms with Gasteiger partial charge in [-0.05, 0) is 12.1 Å². The number of hydrogen-bond donors (Lipinski definition) is 1. The van der Waals surface area contributed by atoms with E-state index in [-0.39, 0.29) is 0 Å². The van der Waals surface area contributed by atoms with Gasteiger partial charge in [-0.3, -0.25) is 4.98 Å². The zero-order valence-electron chi connectivity index (χ0n) is 8.28. The molecule has 0 spiro atoms. The molecule has 3 heterocycles. The summed E-state index contributed by atoms with van der Waals surface area (Å²) in [5.41, 5.74) is 7.80. The average molecular weight is 212 g/mol. The molecule has 0 saturated heterocycles. The van der Waals surface area contributed by atoms with E-state index >= 15 is 0 Å². The topological polar surface area (TPSA) is 82.0 Å². The van der Waals surface area contributed by atoms with Crippen LogP contribution in [0.15, 0.2) is 36.7 Å². The van der Waals surface area contributed by atoms with Crippen molar-refractivity contribution in [2.75, 3.05) is 5.73 Å². The van der Waals surface area contributed by atoms with E-state index in [4.69, 9.17) is 5.73 Å². The number of rotatable bonds is 1. The maximum absolute atomic E-state index is 5.95. The fourth-order valence-corrected chi connectivity index (χ4v) is 1.50. The van der Waals surface area contributed by atoms with Gasteiger partial charge in [0.05, 0.1) is 11.9 Å². The summed E-state index contributed by atoms with van der Waals surface area (Å²) in [4.78, 5) is 4.18. The molecule has 3 rings (SSSR count). The predicted molar refractivity (Wildman–Crippen MR) is 58.4 cm³/mol. The van der Waals surface area contributed by atoms with E-state index in [1.165, 1.54) is 4.52 Å². The van der Waals surface area contributed by atoms with Gasteiger partial charge in [-0.2, -0.15) is 9.61 Å². The van der Waals surface area contributed by atoms with E-state index in [0.29, 0.717) is 22.9 Å². The van der Waals surface area contributed by atoms with Gasteiger partial charge in [-0.15, -0.1) is 10.2 Å². The van der Waals surface area contributed by atoms with Gasteiger partial charge < -0.3 is 5.73 Å². The van der Waals surface area contributed by atoms with Crippen LogP contribution in [0.3, 0.4) is 0 Å². The highest BCUT2D eigenvalue weighted by atomic mass is 15.3. The van der Waals surface area contributed by atoms with Crippen molar-refractivity contribution in [2.24, 2.45) is 0 Å². The fourth-order valence-electron chi connectivity index (χ4n) is 1.50. The Morgan fingerprint density at radius 3 is 2.81 bits per heavy atom. The van der Waals surface area contributed by atoms with Gasteiger partial charge in [0.2, 0.25) is 0 Å². The Labute approximate surface area is 90.8 Å². The second-order valence-electron chi connectivity index (χ2n) is 3.25. The van der Waals surface area contributed by atoms with E-state index in [1.54, 1.807) is 18.5 Å². The van der Waals surface area contributed by atoms with Crippen LogP contribution in [0.4, 0.5) is 5.82 Å². The summed E-state index contributed by atoms with van der Waals surface area (Å²) in [5.74, 6) is 0.439. The minimum atomic E-state index is 0.439. The van der Waals surface area contributed by atoms with Crippen LogP contribution in [0.1, 0.15) is 0 Å². The van der Waals surface area contributed by atoms with Crippen LogP contribution in [0, 0.1) is 0 Å². The molecule has 0 amide bonds. The van der Waals surface area contributed by atoms with Gasteiger partial charge in [0.25, 0.3) is 0 Å². The van der Waals surface area contributed by atoms with Crippen LogP contribution in [-0.4, -0.2) is 24.8 Å². The molecule has 0 aliphatic rings. The van der Waals surface area contributed by atoms with Crippen LogP contribution in [0.5, 0.6) is 0 Å². The molecule has 6 heteroatoms. The Morgan fingerprint density at radius 2 is 2.00 bits per heavy atom. The second kappa shape index (κ2) is 3.27. The molecule has 0 saturated carbocycles. The second-order valence-corrected chi connectivity index (χ2v) is 3.25. The van der Waals surface area contributed by atoms with Crippen molar-refractivity contribution in [1.29, 1.82) is 0 Å². The molecule has 78 valence electrons. The number of fused-ring (bicyclic) bond motifs is 1. The van der Waals surface area contributed by atoms with Gasteiger partial charge >= 0.3 is 0 Å². The summed E-state index contributed by atoms with van der Waals surface area (Å²) >= 11 is 0.